The van der Waals surface area contributed by atoms with Crippen LogP contribution in [0.3, 0.4) is 0 Å². The number of nitrogens with zero attached hydrogens (tertiary/aromatic N) is 8. The molecular formula is C27H32N8O2. The molecule has 1 saturated heterocycles. The average molecular weight is 501 g/mol. The van der Waals surface area contributed by atoms with Gasteiger partial charge in [0.1, 0.15) is 0 Å². The van der Waals surface area contributed by atoms with Gasteiger partial charge in [0.25, 0.3) is 0 Å². The van der Waals surface area contributed by atoms with Gasteiger partial charge in [0, 0.05) is 50.4 Å². The molecule has 0 saturated carbocycles. The molecule has 1 aliphatic rings. The topological polar surface area (TPSA) is 102 Å². The maximum absolute atomic E-state index is 13.0. The third kappa shape index (κ3) is 5.15. The minimum absolute atomic E-state index is 0.0803. The summed E-state index contributed by atoms with van der Waals surface area (Å²) >= 11 is 0. The lowest BCUT2D eigenvalue weighted by Gasteiger charge is -2.35. The number of hydrogen-bond acceptors (Lipinski definition) is 7. The van der Waals surface area contributed by atoms with E-state index in [1.165, 1.54) is 5.56 Å². The van der Waals surface area contributed by atoms with Crippen molar-refractivity contribution in [2.24, 2.45) is 0 Å². The smallest absolute Gasteiger partial charge is 0.222 e. The molecule has 37 heavy (non-hydrogen) atoms. The number of benzene rings is 1. The van der Waals surface area contributed by atoms with E-state index < -0.39 is 0 Å². The summed E-state index contributed by atoms with van der Waals surface area (Å²) in [4.78, 5) is 28.8. The van der Waals surface area contributed by atoms with Crippen LogP contribution in [0.15, 0.2) is 36.4 Å². The molecule has 0 bridgehead atoms. The Balaban J connectivity index is 1.17. The monoisotopic (exact) mass is 500 g/mol. The molecule has 0 N–H and O–H groups in total. The highest BCUT2D eigenvalue weighted by Gasteiger charge is 2.22. The molecule has 0 radical (unpaired) electrons. The van der Waals surface area contributed by atoms with Crippen LogP contribution in [-0.2, 0) is 17.8 Å². The third-order valence-electron chi connectivity index (χ3n) is 7.14. The highest BCUT2D eigenvalue weighted by Crippen LogP contribution is 2.20. The van der Waals surface area contributed by atoms with Crippen molar-refractivity contribution in [1.82, 2.24) is 39.4 Å². The largest absolute Gasteiger partial charge is 0.340 e. The van der Waals surface area contributed by atoms with E-state index in [9.17, 15) is 9.59 Å². The zero-order valence-corrected chi connectivity index (χ0v) is 21.8. The molecule has 3 aromatic heterocycles. The molecule has 0 atom stereocenters. The number of fused-ring (bicyclic) bond motifs is 1. The normalized spacial score (nSPS) is 14.4. The van der Waals surface area contributed by atoms with Crippen LogP contribution < -0.4 is 0 Å². The molecule has 4 aromatic rings. The van der Waals surface area contributed by atoms with Crippen LogP contribution in [0.25, 0.3) is 11.5 Å². The fourth-order valence-corrected chi connectivity index (χ4v) is 4.91. The van der Waals surface area contributed by atoms with Crippen molar-refractivity contribution in [2.75, 3.05) is 26.2 Å². The standard InChI is InChI=1S/C27H32N8O2/c1-18-24(19(2)34(30-18)26-11-10-25-29-28-21(4)35(25)31-26)9-12-27(37)33-15-13-32(14-16-33)17-22-5-7-23(8-6-22)20(3)36/h5-8,10-11H,9,12-17H2,1-4H3. The highest BCUT2D eigenvalue weighted by atomic mass is 16.2. The Labute approximate surface area is 215 Å². The number of Topliss-reactive ketones (excluding diaryl/α,β-unsaturated/α-hetero) is 1. The number of carbonyl (C=O) groups excluding carboxylic acids is 2. The Kier molecular flexibility index (Phi) is 6.84. The molecule has 10 nitrogen and oxygen atoms in total. The Bertz CT molecular complexity index is 1450. The van der Waals surface area contributed by atoms with Crippen LogP contribution in [0.5, 0.6) is 0 Å². The molecule has 5 rings (SSSR count). The van der Waals surface area contributed by atoms with Crippen molar-refractivity contribution >= 4 is 17.3 Å². The number of ketones is 1. The second kappa shape index (κ2) is 10.2. The summed E-state index contributed by atoms with van der Waals surface area (Å²) in [7, 11) is 0. The first-order valence-electron chi connectivity index (χ1n) is 12.6. The van der Waals surface area contributed by atoms with Crippen LogP contribution in [0.2, 0.25) is 0 Å². The van der Waals surface area contributed by atoms with Crippen LogP contribution in [0.4, 0.5) is 0 Å². The maximum atomic E-state index is 13.0. The Hall–Kier alpha value is -3.92. The number of carbonyl (C=O) groups is 2. The first-order valence-corrected chi connectivity index (χ1v) is 12.6. The molecule has 0 spiro atoms. The fraction of sp³-hybridized carbons (Fsp3) is 0.407. The van der Waals surface area contributed by atoms with Gasteiger partial charge >= 0.3 is 0 Å². The van der Waals surface area contributed by atoms with Crippen molar-refractivity contribution in [2.45, 2.75) is 47.1 Å². The SMILES string of the molecule is CC(=O)c1ccc(CN2CCN(C(=O)CCc3c(C)nn(-c4ccc5nnc(C)n5n4)c3C)CC2)cc1. The summed E-state index contributed by atoms with van der Waals surface area (Å²) in [5.41, 5.74) is 5.60. The van der Waals surface area contributed by atoms with E-state index in [1.807, 2.05) is 66.8 Å². The van der Waals surface area contributed by atoms with Crippen molar-refractivity contribution in [3.8, 4) is 5.82 Å². The van der Waals surface area contributed by atoms with Gasteiger partial charge < -0.3 is 4.90 Å². The first kappa shape index (κ1) is 24.8. The number of rotatable bonds is 7. The van der Waals surface area contributed by atoms with E-state index in [-0.39, 0.29) is 11.7 Å². The lowest BCUT2D eigenvalue weighted by molar-refractivity contribution is -0.133. The van der Waals surface area contributed by atoms with Gasteiger partial charge in [0.05, 0.1) is 5.69 Å². The first-order chi connectivity index (χ1) is 17.8. The van der Waals surface area contributed by atoms with Crippen LogP contribution >= 0.6 is 0 Å². The highest BCUT2D eigenvalue weighted by molar-refractivity contribution is 5.94. The van der Waals surface area contributed by atoms with E-state index in [2.05, 4.69) is 20.2 Å². The van der Waals surface area contributed by atoms with Gasteiger partial charge in [-0.05, 0) is 57.4 Å². The van der Waals surface area contributed by atoms with Crippen LogP contribution in [0.1, 0.15) is 52.0 Å². The van der Waals surface area contributed by atoms with E-state index in [0.29, 0.717) is 24.3 Å². The molecule has 0 unspecified atom stereocenters. The molecule has 1 fully saturated rings. The molecular weight excluding hydrogens is 468 g/mol. The summed E-state index contributed by atoms with van der Waals surface area (Å²) in [6.07, 6.45) is 1.10. The molecule has 4 heterocycles. The number of amides is 1. The lowest BCUT2D eigenvalue weighted by Crippen LogP contribution is -2.48. The number of aryl methyl sites for hydroxylation is 2. The third-order valence-corrected chi connectivity index (χ3v) is 7.14. The molecule has 1 aliphatic heterocycles. The van der Waals surface area contributed by atoms with Gasteiger partial charge in [0.2, 0.25) is 5.91 Å². The molecule has 192 valence electrons. The zero-order valence-electron chi connectivity index (χ0n) is 21.8. The van der Waals surface area contributed by atoms with E-state index in [0.717, 1.165) is 61.1 Å². The summed E-state index contributed by atoms with van der Waals surface area (Å²) in [5, 5.41) is 17.5. The maximum Gasteiger partial charge on any atom is 0.222 e. The Morgan fingerprint density at radius 2 is 1.62 bits per heavy atom. The number of hydrogen-bond donors (Lipinski definition) is 0. The predicted molar refractivity (Wildman–Crippen MR) is 139 cm³/mol. The van der Waals surface area contributed by atoms with Gasteiger partial charge in [-0.1, -0.05) is 24.3 Å². The Morgan fingerprint density at radius 1 is 0.892 bits per heavy atom. The number of aromatic nitrogens is 6. The lowest BCUT2D eigenvalue weighted by atomic mass is 10.1. The van der Waals surface area contributed by atoms with Crippen molar-refractivity contribution in [1.29, 1.82) is 0 Å². The molecule has 0 aliphatic carbocycles. The summed E-state index contributed by atoms with van der Waals surface area (Å²) in [6.45, 7) is 11.4. The second-order valence-electron chi connectivity index (χ2n) is 9.68. The second-order valence-corrected chi connectivity index (χ2v) is 9.68. The quantitative estimate of drug-likeness (QED) is 0.360. The predicted octanol–water partition coefficient (Wildman–Crippen LogP) is 2.71. The minimum Gasteiger partial charge on any atom is -0.340 e. The van der Waals surface area contributed by atoms with Gasteiger partial charge in [-0.25, -0.2) is 4.68 Å². The van der Waals surface area contributed by atoms with Crippen molar-refractivity contribution in [3.63, 3.8) is 0 Å². The van der Waals surface area contributed by atoms with Gasteiger partial charge in [-0.2, -0.15) is 9.61 Å². The van der Waals surface area contributed by atoms with Crippen LogP contribution in [-0.4, -0.2) is 77.3 Å². The molecule has 10 heteroatoms. The van der Waals surface area contributed by atoms with E-state index >= 15 is 0 Å². The minimum atomic E-state index is 0.0803. The molecule has 1 amide bonds. The van der Waals surface area contributed by atoms with Crippen molar-refractivity contribution < 1.29 is 9.59 Å². The van der Waals surface area contributed by atoms with Gasteiger partial charge in [0.15, 0.2) is 23.1 Å². The number of piperazine rings is 1. The Morgan fingerprint density at radius 3 is 2.32 bits per heavy atom. The average Bonchev–Trinajstić information content (AvgIpc) is 3.41. The summed E-state index contributed by atoms with van der Waals surface area (Å²) in [6, 6.07) is 11.6. The fourth-order valence-electron chi connectivity index (χ4n) is 4.91. The van der Waals surface area contributed by atoms with Crippen molar-refractivity contribution in [3.05, 3.63) is 70.3 Å². The van der Waals surface area contributed by atoms with Gasteiger partial charge in [-0.3, -0.25) is 14.5 Å². The summed E-state index contributed by atoms with van der Waals surface area (Å²) in [5.74, 6) is 1.67. The summed E-state index contributed by atoms with van der Waals surface area (Å²) < 4.78 is 3.53. The van der Waals surface area contributed by atoms with Gasteiger partial charge in [-0.15, -0.1) is 15.3 Å². The van der Waals surface area contributed by atoms with E-state index in [1.54, 1.807) is 11.4 Å². The van der Waals surface area contributed by atoms with E-state index in [4.69, 9.17) is 5.10 Å². The molecule has 1 aromatic carbocycles. The van der Waals surface area contributed by atoms with Crippen LogP contribution in [0, 0.1) is 20.8 Å². The zero-order chi connectivity index (χ0) is 26.1.